The molecule has 0 spiro atoms. The average Bonchev–Trinajstić information content (AvgIpc) is 2.35. The number of H-pyrrole nitrogens is 1. The topological polar surface area (TPSA) is 28.7 Å². The summed E-state index contributed by atoms with van der Waals surface area (Å²) in [6, 6.07) is 4.62. The lowest BCUT2D eigenvalue weighted by Crippen LogP contribution is -2.02. The first kappa shape index (κ1) is 14.2. The van der Waals surface area contributed by atoms with Gasteiger partial charge in [-0.05, 0) is 25.1 Å². The molecule has 0 bridgehead atoms. The van der Waals surface area contributed by atoms with Crippen molar-refractivity contribution in [2.75, 3.05) is 0 Å². The first-order chi connectivity index (χ1) is 8.90. The first-order valence-electron chi connectivity index (χ1n) is 5.96. The maximum Gasteiger partial charge on any atom is 0.141 e. The third kappa shape index (κ3) is 2.85. The highest BCUT2D eigenvalue weighted by Crippen LogP contribution is 2.27. The average molecular weight is 297 g/mol. The van der Waals surface area contributed by atoms with Crippen LogP contribution >= 0.6 is 23.8 Å². The zero-order valence-electron chi connectivity index (χ0n) is 10.9. The number of aromatic nitrogens is 2. The molecule has 2 nitrogen and oxygen atoms in total. The predicted octanol–water partition coefficient (Wildman–Crippen LogP) is 5.03. The van der Waals surface area contributed by atoms with Crippen LogP contribution in [0, 0.1) is 17.4 Å². The molecule has 0 unspecified atom stereocenters. The molecule has 1 heterocycles. The van der Waals surface area contributed by atoms with E-state index in [4.69, 9.17) is 23.8 Å². The quantitative estimate of drug-likeness (QED) is 0.787. The zero-order valence-corrected chi connectivity index (χ0v) is 12.5. The van der Waals surface area contributed by atoms with Gasteiger partial charge in [0.25, 0.3) is 0 Å². The maximum absolute atomic E-state index is 13.2. The Kier molecular flexibility index (Phi) is 4.02. The minimum Gasteiger partial charge on any atom is -0.343 e. The maximum atomic E-state index is 13.2. The van der Waals surface area contributed by atoms with Crippen LogP contribution in [0.2, 0.25) is 5.02 Å². The smallest absolute Gasteiger partial charge is 0.141 e. The summed E-state index contributed by atoms with van der Waals surface area (Å²) in [6.07, 6.45) is 0. The predicted molar refractivity (Wildman–Crippen MR) is 78.7 cm³/mol. The van der Waals surface area contributed by atoms with Gasteiger partial charge in [0, 0.05) is 17.0 Å². The SMILES string of the molecule is Cc1c(-c2ccc(F)c(Cl)c2)[nH]c(C(C)C)nc1=S. The summed E-state index contributed by atoms with van der Waals surface area (Å²) in [5, 5.41) is 0.0964. The van der Waals surface area contributed by atoms with Gasteiger partial charge in [-0.25, -0.2) is 9.37 Å². The molecule has 0 aliphatic rings. The summed E-state index contributed by atoms with van der Waals surface area (Å²) in [7, 11) is 0. The second-order valence-corrected chi connectivity index (χ2v) is 5.50. The molecule has 2 aromatic rings. The molecule has 0 amide bonds. The lowest BCUT2D eigenvalue weighted by atomic mass is 10.1. The highest BCUT2D eigenvalue weighted by molar-refractivity contribution is 7.71. The molecule has 1 N–H and O–H groups in total. The molecule has 100 valence electrons. The van der Waals surface area contributed by atoms with Crippen LogP contribution in [-0.2, 0) is 0 Å². The van der Waals surface area contributed by atoms with E-state index in [-0.39, 0.29) is 10.9 Å². The van der Waals surface area contributed by atoms with Crippen LogP contribution in [0.5, 0.6) is 0 Å². The van der Waals surface area contributed by atoms with Gasteiger partial charge in [0.15, 0.2) is 0 Å². The number of nitrogens with one attached hydrogen (secondary N) is 1. The summed E-state index contributed by atoms with van der Waals surface area (Å²) in [4.78, 5) is 7.61. The molecule has 0 aliphatic carbocycles. The van der Waals surface area contributed by atoms with Crippen LogP contribution in [0.3, 0.4) is 0 Å². The van der Waals surface area contributed by atoms with E-state index in [1.807, 2.05) is 20.8 Å². The van der Waals surface area contributed by atoms with Gasteiger partial charge in [-0.3, -0.25) is 0 Å². The molecule has 5 heteroatoms. The van der Waals surface area contributed by atoms with E-state index in [1.54, 1.807) is 12.1 Å². The Bertz CT molecular complexity index is 680. The van der Waals surface area contributed by atoms with Crippen LogP contribution in [0.15, 0.2) is 18.2 Å². The number of rotatable bonds is 2. The highest BCUT2D eigenvalue weighted by atomic mass is 35.5. The number of aromatic amines is 1. The number of hydrogen-bond donors (Lipinski definition) is 1. The van der Waals surface area contributed by atoms with Crippen molar-refractivity contribution < 1.29 is 4.39 Å². The van der Waals surface area contributed by atoms with Crippen molar-refractivity contribution >= 4 is 23.8 Å². The molecule has 0 saturated heterocycles. The van der Waals surface area contributed by atoms with E-state index in [1.165, 1.54) is 6.07 Å². The molecule has 0 saturated carbocycles. The molecule has 19 heavy (non-hydrogen) atoms. The minimum absolute atomic E-state index is 0.0964. The molecule has 1 aromatic carbocycles. The normalized spacial score (nSPS) is 11.1. The first-order valence-corrected chi connectivity index (χ1v) is 6.75. The van der Waals surface area contributed by atoms with Gasteiger partial charge in [-0.2, -0.15) is 0 Å². The largest absolute Gasteiger partial charge is 0.343 e. The van der Waals surface area contributed by atoms with E-state index < -0.39 is 5.82 Å². The fraction of sp³-hybridized carbons (Fsp3) is 0.286. The molecular weight excluding hydrogens is 283 g/mol. The highest BCUT2D eigenvalue weighted by Gasteiger charge is 2.11. The Morgan fingerprint density at radius 3 is 2.63 bits per heavy atom. The Morgan fingerprint density at radius 1 is 1.37 bits per heavy atom. The second-order valence-electron chi connectivity index (χ2n) is 4.71. The standard InChI is InChI=1S/C14H14ClFN2S/c1-7(2)13-17-12(8(3)14(19)18-13)9-4-5-11(16)10(15)6-9/h4-7H,1-3H3,(H,17,18,19). The lowest BCUT2D eigenvalue weighted by Gasteiger charge is -2.12. The fourth-order valence-electron chi connectivity index (χ4n) is 1.76. The van der Waals surface area contributed by atoms with Gasteiger partial charge in [-0.1, -0.05) is 37.7 Å². The Hall–Kier alpha value is -1.26. The van der Waals surface area contributed by atoms with Crippen molar-refractivity contribution in [2.24, 2.45) is 0 Å². The summed E-state index contributed by atoms with van der Waals surface area (Å²) in [5.74, 6) is 0.614. The van der Waals surface area contributed by atoms with E-state index in [9.17, 15) is 4.39 Å². The molecule has 0 radical (unpaired) electrons. The van der Waals surface area contributed by atoms with Gasteiger partial charge in [-0.15, -0.1) is 0 Å². The molecule has 1 aromatic heterocycles. The number of benzene rings is 1. The van der Waals surface area contributed by atoms with Crippen molar-refractivity contribution in [2.45, 2.75) is 26.7 Å². The van der Waals surface area contributed by atoms with Crippen molar-refractivity contribution in [1.82, 2.24) is 9.97 Å². The van der Waals surface area contributed by atoms with E-state index in [0.717, 1.165) is 22.6 Å². The van der Waals surface area contributed by atoms with Gasteiger partial charge < -0.3 is 4.98 Å². The molecule has 0 aliphatic heterocycles. The molecule has 0 fully saturated rings. The van der Waals surface area contributed by atoms with E-state index in [0.29, 0.717) is 4.64 Å². The molecule has 0 atom stereocenters. The van der Waals surface area contributed by atoms with Crippen LogP contribution in [-0.4, -0.2) is 9.97 Å². The van der Waals surface area contributed by atoms with Crippen molar-refractivity contribution in [3.05, 3.63) is 45.1 Å². The minimum atomic E-state index is -0.431. The lowest BCUT2D eigenvalue weighted by molar-refractivity contribution is 0.628. The van der Waals surface area contributed by atoms with Gasteiger partial charge >= 0.3 is 0 Å². The van der Waals surface area contributed by atoms with Crippen LogP contribution < -0.4 is 0 Å². The Labute approximate surface area is 121 Å². The summed E-state index contributed by atoms with van der Waals surface area (Å²) >= 11 is 11.1. The van der Waals surface area contributed by atoms with Crippen molar-refractivity contribution in [1.29, 1.82) is 0 Å². The van der Waals surface area contributed by atoms with Gasteiger partial charge in [0.2, 0.25) is 0 Å². The Balaban J connectivity index is 2.67. The zero-order chi connectivity index (χ0) is 14.2. The van der Waals surface area contributed by atoms with E-state index >= 15 is 0 Å². The van der Waals surface area contributed by atoms with Crippen molar-refractivity contribution in [3.63, 3.8) is 0 Å². The number of halogens is 2. The number of nitrogens with zero attached hydrogens (tertiary/aromatic N) is 1. The summed E-state index contributed by atoms with van der Waals surface area (Å²) < 4.78 is 13.8. The van der Waals surface area contributed by atoms with Crippen molar-refractivity contribution in [3.8, 4) is 11.3 Å². The Morgan fingerprint density at radius 2 is 2.05 bits per heavy atom. The second kappa shape index (κ2) is 5.39. The monoisotopic (exact) mass is 296 g/mol. The third-order valence-electron chi connectivity index (χ3n) is 2.93. The van der Waals surface area contributed by atoms with Gasteiger partial charge in [0.1, 0.15) is 16.3 Å². The molecular formula is C14H14ClFN2S. The molecule has 2 rings (SSSR count). The summed E-state index contributed by atoms with van der Waals surface area (Å²) in [6.45, 7) is 5.96. The number of hydrogen-bond acceptors (Lipinski definition) is 2. The van der Waals surface area contributed by atoms with Crippen LogP contribution in [0.4, 0.5) is 4.39 Å². The summed E-state index contributed by atoms with van der Waals surface area (Å²) in [5.41, 5.74) is 2.51. The van der Waals surface area contributed by atoms with E-state index in [2.05, 4.69) is 9.97 Å². The van der Waals surface area contributed by atoms with Crippen LogP contribution in [0.1, 0.15) is 31.2 Å². The van der Waals surface area contributed by atoms with Crippen LogP contribution in [0.25, 0.3) is 11.3 Å². The third-order valence-corrected chi connectivity index (χ3v) is 3.61. The van der Waals surface area contributed by atoms with Gasteiger partial charge in [0.05, 0.1) is 10.7 Å². The fourth-order valence-corrected chi connectivity index (χ4v) is 2.14.